The first-order chi connectivity index (χ1) is 11.0. The van der Waals surface area contributed by atoms with Crippen molar-refractivity contribution in [2.75, 3.05) is 25.0 Å². The van der Waals surface area contributed by atoms with Gasteiger partial charge in [-0.2, -0.15) is 10.2 Å². The molecular formula is C16H19N5O2. The summed E-state index contributed by atoms with van der Waals surface area (Å²) < 4.78 is 0. The van der Waals surface area contributed by atoms with Gasteiger partial charge in [-0.05, 0) is 42.8 Å². The Morgan fingerprint density at radius 3 is 2.43 bits per heavy atom. The molecule has 0 aliphatic carbocycles. The van der Waals surface area contributed by atoms with Gasteiger partial charge in [0.1, 0.15) is 0 Å². The lowest BCUT2D eigenvalue weighted by molar-refractivity contribution is -0.384. The topological polar surface area (TPSA) is 97.1 Å². The van der Waals surface area contributed by atoms with E-state index >= 15 is 0 Å². The fraction of sp³-hybridized carbons (Fsp3) is 0.250. The zero-order valence-electron chi connectivity index (χ0n) is 13.1. The fourth-order valence-corrected chi connectivity index (χ4v) is 2.07. The number of hydrogen-bond acceptors (Lipinski definition) is 6. The zero-order chi connectivity index (χ0) is 16.8. The van der Waals surface area contributed by atoms with Gasteiger partial charge in [0.05, 0.1) is 16.3 Å². The van der Waals surface area contributed by atoms with E-state index in [2.05, 4.69) is 15.1 Å². The summed E-state index contributed by atoms with van der Waals surface area (Å²) in [7, 11) is 1.98. The monoisotopic (exact) mass is 313 g/mol. The van der Waals surface area contributed by atoms with Crippen LogP contribution in [0.1, 0.15) is 5.56 Å². The summed E-state index contributed by atoms with van der Waals surface area (Å²) in [5.41, 5.74) is 8.68. The minimum absolute atomic E-state index is 0.0498. The van der Waals surface area contributed by atoms with Crippen LogP contribution < -0.4 is 10.6 Å². The molecule has 0 amide bonds. The van der Waals surface area contributed by atoms with E-state index < -0.39 is 4.92 Å². The maximum atomic E-state index is 10.7. The predicted octanol–water partition coefficient (Wildman–Crippen LogP) is 3.71. The molecule has 0 aliphatic heterocycles. The molecule has 120 valence electrons. The van der Waals surface area contributed by atoms with Gasteiger partial charge in [-0.15, -0.1) is 0 Å². The summed E-state index contributed by atoms with van der Waals surface area (Å²) in [6, 6.07) is 12.1. The van der Waals surface area contributed by atoms with Crippen LogP contribution in [0.25, 0.3) is 0 Å². The molecule has 0 spiro atoms. The van der Waals surface area contributed by atoms with Crippen molar-refractivity contribution in [1.29, 1.82) is 0 Å². The minimum Gasteiger partial charge on any atom is -0.373 e. The second-order valence-corrected chi connectivity index (χ2v) is 5.15. The van der Waals surface area contributed by atoms with Crippen LogP contribution in [0.4, 0.5) is 22.7 Å². The number of nitro groups is 1. The van der Waals surface area contributed by atoms with Crippen molar-refractivity contribution in [1.82, 2.24) is 0 Å². The number of nitrogens with zero attached hydrogens (tertiary/aromatic N) is 4. The van der Waals surface area contributed by atoms with Gasteiger partial charge in [-0.3, -0.25) is 10.1 Å². The van der Waals surface area contributed by atoms with Crippen molar-refractivity contribution in [2.24, 2.45) is 16.0 Å². The molecule has 2 aromatic carbocycles. The third-order valence-electron chi connectivity index (χ3n) is 3.42. The number of aryl methyl sites for hydroxylation is 1. The highest BCUT2D eigenvalue weighted by atomic mass is 16.6. The number of likely N-dealkylation sites (N-methyl/N-ethyl adjacent to an activating group) is 1. The fourth-order valence-electron chi connectivity index (χ4n) is 2.07. The Labute approximate surface area is 134 Å². The van der Waals surface area contributed by atoms with Crippen LogP contribution in [-0.2, 0) is 0 Å². The number of non-ortho nitro benzene ring substituents is 1. The second-order valence-electron chi connectivity index (χ2n) is 5.15. The summed E-state index contributed by atoms with van der Waals surface area (Å²) >= 11 is 0. The zero-order valence-corrected chi connectivity index (χ0v) is 13.1. The highest BCUT2D eigenvalue weighted by Gasteiger charge is 2.07. The van der Waals surface area contributed by atoms with E-state index in [1.54, 1.807) is 13.0 Å². The van der Waals surface area contributed by atoms with Crippen molar-refractivity contribution in [3.05, 3.63) is 58.1 Å². The van der Waals surface area contributed by atoms with Gasteiger partial charge in [0, 0.05) is 38.0 Å². The molecule has 0 saturated carbocycles. The van der Waals surface area contributed by atoms with E-state index in [4.69, 9.17) is 5.73 Å². The maximum Gasteiger partial charge on any atom is 0.269 e. The molecular weight excluding hydrogens is 294 g/mol. The van der Waals surface area contributed by atoms with Gasteiger partial charge in [-0.1, -0.05) is 0 Å². The number of rotatable bonds is 6. The Kier molecular flexibility index (Phi) is 5.37. The van der Waals surface area contributed by atoms with E-state index in [1.807, 2.05) is 31.3 Å². The summed E-state index contributed by atoms with van der Waals surface area (Å²) in [4.78, 5) is 12.3. The summed E-state index contributed by atoms with van der Waals surface area (Å²) in [5.74, 6) is 0. The summed E-state index contributed by atoms with van der Waals surface area (Å²) in [5, 5.41) is 19.0. The van der Waals surface area contributed by atoms with Gasteiger partial charge < -0.3 is 10.6 Å². The van der Waals surface area contributed by atoms with E-state index in [0.29, 0.717) is 23.5 Å². The predicted molar refractivity (Wildman–Crippen MR) is 90.8 cm³/mol. The van der Waals surface area contributed by atoms with Gasteiger partial charge >= 0.3 is 0 Å². The van der Waals surface area contributed by atoms with Crippen LogP contribution in [-0.4, -0.2) is 25.1 Å². The number of nitro benzene ring substituents is 1. The molecule has 7 heteroatoms. The molecule has 0 heterocycles. The molecule has 7 nitrogen and oxygen atoms in total. The van der Waals surface area contributed by atoms with Crippen LogP contribution in [0.2, 0.25) is 0 Å². The normalized spacial score (nSPS) is 10.9. The lowest BCUT2D eigenvalue weighted by Gasteiger charge is -2.17. The molecule has 0 saturated heterocycles. The van der Waals surface area contributed by atoms with Gasteiger partial charge in [0.2, 0.25) is 0 Å². The Balaban J connectivity index is 2.12. The van der Waals surface area contributed by atoms with Gasteiger partial charge in [-0.25, -0.2) is 0 Å². The molecule has 0 bridgehead atoms. The second kappa shape index (κ2) is 7.46. The van der Waals surface area contributed by atoms with E-state index in [9.17, 15) is 10.1 Å². The molecule has 0 aliphatic rings. The van der Waals surface area contributed by atoms with Crippen LogP contribution in [0.3, 0.4) is 0 Å². The van der Waals surface area contributed by atoms with E-state index in [-0.39, 0.29) is 5.69 Å². The molecule has 0 fully saturated rings. The standard InChI is InChI=1S/C16H19N5O2/c1-12-11-15(21(22)23)7-8-16(12)19-18-13-3-5-14(6-4-13)20(2)10-9-17/h3-8,11H,9-10,17H2,1-2H3. The lowest BCUT2D eigenvalue weighted by Crippen LogP contribution is -2.24. The SMILES string of the molecule is Cc1cc([N+](=O)[O-])ccc1N=Nc1ccc(N(C)CCN)cc1. The Hall–Kier alpha value is -2.80. The molecule has 0 aromatic heterocycles. The number of hydrogen-bond donors (Lipinski definition) is 1. The van der Waals surface area contributed by atoms with E-state index in [0.717, 1.165) is 12.2 Å². The third-order valence-corrected chi connectivity index (χ3v) is 3.42. The molecule has 2 rings (SSSR count). The number of azo groups is 1. The first kappa shape index (κ1) is 16.6. The van der Waals surface area contributed by atoms with Crippen molar-refractivity contribution < 1.29 is 4.92 Å². The van der Waals surface area contributed by atoms with Crippen LogP contribution in [0.5, 0.6) is 0 Å². The highest BCUT2D eigenvalue weighted by Crippen LogP contribution is 2.26. The third kappa shape index (κ3) is 4.33. The summed E-state index contributed by atoms with van der Waals surface area (Å²) in [6.45, 7) is 3.15. The van der Waals surface area contributed by atoms with Crippen LogP contribution >= 0.6 is 0 Å². The Bertz CT molecular complexity index is 713. The first-order valence-electron chi connectivity index (χ1n) is 7.19. The molecule has 0 atom stereocenters. The number of nitrogens with two attached hydrogens (primary N) is 1. The Morgan fingerprint density at radius 2 is 1.87 bits per heavy atom. The number of anilines is 1. The van der Waals surface area contributed by atoms with E-state index in [1.165, 1.54) is 12.1 Å². The molecule has 0 unspecified atom stereocenters. The van der Waals surface area contributed by atoms with Crippen molar-refractivity contribution in [2.45, 2.75) is 6.92 Å². The van der Waals surface area contributed by atoms with Gasteiger partial charge in [0.25, 0.3) is 5.69 Å². The lowest BCUT2D eigenvalue weighted by atomic mass is 10.2. The van der Waals surface area contributed by atoms with Crippen LogP contribution in [0, 0.1) is 17.0 Å². The highest BCUT2D eigenvalue weighted by molar-refractivity contribution is 5.54. The maximum absolute atomic E-state index is 10.7. The average molecular weight is 313 g/mol. The summed E-state index contributed by atoms with van der Waals surface area (Å²) in [6.07, 6.45) is 0. The first-order valence-corrected chi connectivity index (χ1v) is 7.19. The molecule has 2 aromatic rings. The quantitative estimate of drug-likeness (QED) is 0.499. The molecule has 2 N–H and O–H groups in total. The van der Waals surface area contributed by atoms with Crippen LogP contribution in [0.15, 0.2) is 52.7 Å². The average Bonchev–Trinajstić information content (AvgIpc) is 2.54. The Morgan fingerprint density at radius 1 is 1.17 bits per heavy atom. The minimum atomic E-state index is -0.426. The smallest absolute Gasteiger partial charge is 0.269 e. The number of benzene rings is 2. The van der Waals surface area contributed by atoms with Crippen molar-refractivity contribution in [3.8, 4) is 0 Å². The largest absolute Gasteiger partial charge is 0.373 e. The molecule has 23 heavy (non-hydrogen) atoms. The van der Waals surface area contributed by atoms with Gasteiger partial charge in [0.15, 0.2) is 0 Å². The van der Waals surface area contributed by atoms with Crippen molar-refractivity contribution >= 4 is 22.7 Å². The van der Waals surface area contributed by atoms with Crippen molar-refractivity contribution in [3.63, 3.8) is 0 Å². The molecule has 0 radical (unpaired) electrons.